The van der Waals surface area contributed by atoms with Gasteiger partial charge in [-0.2, -0.15) is 0 Å². The highest BCUT2D eigenvalue weighted by Crippen LogP contribution is 2.56. The SMILES string of the molecule is CC(C)C1C[C@@]1(Cc1ccccc1)[S@@](=O)c1ccccc1. The fourth-order valence-electron chi connectivity index (χ4n) is 3.36. The van der Waals surface area contributed by atoms with Crippen LogP contribution in [0.3, 0.4) is 0 Å². The number of rotatable bonds is 5. The molecule has 2 heteroatoms. The minimum atomic E-state index is -0.934. The summed E-state index contributed by atoms with van der Waals surface area (Å²) in [5, 5.41) is 0. The standard InChI is InChI=1S/C19H22OS/c1-15(2)18-14-19(18,13-16-9-5-3-6-10-16)21(20)17-11-7-4-8-12-17/h3-12,15,18H,13-14H2,1-2H3/t18?,19-,21+/m1/s1. The third-order valence-corrected chi connectivity index (χ3v) is 6.61. The number of benzene rings is 2. The molecule has 0 N–H and O–H groups in total. The summed E-state index contributed by atoms with van der Waals surface area (Å²) >= 11 is 0. The lowest BCUT2D eigenvalue weighted by molar-refractivity contribution is 0.523. The third kappa shape index (κ3) is 2.82. The minimum absolute atomic E-state index is 0.0725. The number of hydrogen-bond acceptors (Lipinski definition) is 1. The van der Waals surface area contributed by atoms with Gasteiger partial charge in [0.15, 0.2) is 0 Å². The van der Waals surface area contributed by atoms with Crippen molar-refractivity contribution in [1.82, 2.24) is 0 Å². The van der Waals surface area contributed by atoms with Crippen LogP contribution in [-0.4, -0.2) is 8.96 Å². The highest BCUT2D eigenvalue weighted by Gasteiger charge is 2.59. The van der Waals surface area contributed by atoms with E-state index in [1.165, 1.54) is 5.56 Å². The Bertz CT molecular complexity index is 621. The molecule has 0 aromatic heterocycles. The molecule has 0 aliphatic heterocycles. The van der Waals surface area contributed by atoms with E-state index in [0.717, 1.165) is 17.7 Å². The summed E-state index contributed by atoms with van der Waals surface area (Å²) in [6.45, 7) is 4.50. The fourth-order valence-corrected chi connectivity index (χ4v) is 5.41. The third-order valence-electron chi connectivity index (χ3n) is 4.56. The van der Waals surface area contributed by atoms with Crippen molar-refractivity contribution in [3.05, 3.63) is 66.2 Å². The Morgan fingerprint density at radius 1 is 1.05 bits per heavy atom. The van der Waals surface area contributed by atoms with Gasteiger partial charge in [-0.25, -0.2) is 0 Å². The predicted molar refractivity (Wildman–Crippen MR) is 88.7 cm³/mol. The normalized spacial score (nSPS) is 25.8. The molecule has 1 unspecified atom stereocenters. The minimum Gasteiger partial charge on any atom is -0.254 e. The van der Waals surface area contributed by atoms with Crippen LogP contribution in [-0.2, 0) is 17.2 Å². The zero-order valence-electron chi connectivity index (χ0n) is 12.7. The van der Waals surface area contributed by atoms with Crippen LogP contribution in [0.1, 0.15) is 25.8 Å². The zero-order valence-corrected chi connectivity index (χ0v) is 13.5. The van der Waals surface area contributed by atoms with Crippen LogP contribution in [0.25, 0.3) is 0 Å². The summed E-state index contributed by atoms with van der Waals surface area (Å²) in [7, 11) is -0.934. The van der Waals surface area contributed by atoms with Crippen LogP contribution in [0.4, 0.5) is 0 Å². The van der Waals surface area contributed by atoms with Crippen molar-refractivity contribution in [2.75, 3.05) is 0 Å². The van der Waals surface area contributed by atoms with Gasteiger partial charge in [0.2, 0.25) is 0 Å². The lowest BCUT2D eigenvalue weighted by atomic mass is 10.0. The first-order valence-corrected chi connectivity index (χ1v) is 8.79. The molecule has 1 aliphatic rings. The van der Waals surface area contributed by atoms with Gasteiger partial charge >= 0.3 is 0 Å². The predicted octanol–water partition coefficient (Wildman–Crippen LogP) is 4.45. The summed E-state index contributed by atoms with van der Waals surface area (Å²) in [6.07, 6.45) is 1.99. The molecular weight excluding hydrogens is 276 g/mol. The average molecular weight is 298 g/mol. The van der Waals surface area contributed by atoms with Crippen LogP contribution in [0, 0.1) is 11.8 Å². The van der Waals surface area contributed by atoms with Crippen molar-refractivity contribution in [2.24, 2.45) is 11.8 Å². The Morgan fingerprint density at radius 3 is 2.14 bits per heavy atom. The summed E-state index contributed by atoms with van der Waals surface area (Å²) < 4.78 is 13.1. The van der Waals surface area contributed by atoms with Gasteiger partial charge in [0.25, 0.3) is 0 Å². The lowest BCUT2D eigenvalue weighted by Crippen LogP contribution is -2.25. The smallest absolute Gasteiger partial charge is 0.0598 e. The van der Waals surface area contributed by atoms with Crippen molar-refractivity contribution in [3.8, 4) is 0 Å². The molecule has 1 nitrogen and oxygen atoms in total. The summed E-state index contributed by atoms with van der Waals surface area (Å²) in [6, 6.07) is 20.4. The highest BCUT2D eigenvalue weighted by atomic mass is 32.2. The molecule has 1 saturated carbocycles. The van der Waals surface area contributed by atoms with Gasteiger partial charge in [-0.1, -0.05) is 62.4 Å². The maximum atomic E-state index is 13.2. The van der Waals surface area contributed by atoms with Crippen molar-refractivity contribution >= 4 is 10.8 Å². The van der Waals surface area contributed by atoms with Crippen LogP contribution in [0.2, 0.25) is 0 Å². The van der Waals surface area contributed by atoms with Gasteiger partial charge in [0, 0.05) is 4.90 Å². The first-order valence-electron chi connectivity index (χ1n) is 7.64. The van der Waals surface area contributed by atoms with Crippen LogP contribution in [0.5, 0.6) is 0 Å². The molecule has 2 aromatic carbocycles. The van der Waals surface area contributed by atoms with Gasteiger partial charge in [-0.05, 0) is 42.4 Å². The topological polar surface area (TPSA) is 17.1 Å². The lowest BCUT2D eigenvalue weighted by Gasteiger charge is -2.19. The second kappa shape index (κ2) is 5.76. The van der Waals surface area contributed by atoms with E-state index in [2.05, 4.69) is 38.1 Å². The molecule has 0 bridgehead atoms. The van der Waals surface area contributed by atoms with Gasteiger partial charge < -0.3 is 0 Å². The first-order chi connectivity index (χ1) is 10.1. The highest BCUT2D eigenvalue weighted by molar-refractivity contribution is 7.86. The molecule has 3 atom stereocenters. The summed E-state index contributed by atoms with van der Waals surface area (Å²) in [5.41, 5.74) is 1.30. The van der Waals surface area contributed by atoms with Gasteiger partial charge in [0.1, 0.15) is 0 Å². The second-order valence-electron chi connectivity index (χ2n) is 6.36. The fraction of sp³-hybridized carbons (Fsp3) is 0.368. The summed E-state index contributed by atoms with van der Waals surface area (Å²) in [4.78, 5) is 0.969. The molecule has 3 rings (SSSR count). The van der Waals surface area contributed by atoms with Crippen LogP contribution < -0.4 is 0 Å². The van der Waals surface area contributed by atoms with E-state index < -0.39 is 10.8 Å². The summed E-state index contributed by atoms with van der Waals surface area (Å²) in [5.74, 6) is 1.14. The molecule has 1 aliphatic carbocycles. The molecular formula is C19H22OS. The molecule has 2 aromatic rings. The van der Waals surface area contributed by atoms with Gasteiger partial charge in [0.05, 0.1) is 15.5 Å². The van der Waals surface area contributed by atoms with E-state index in [4.69, 9.17) is 0 Å². The van der Waals surface area contributed by atoms with E-state index in [9.17, 15) is 4.21 Å². The van der Waals surface area contributed by atoms with E-state index >= 15 is 0 Å². The van der Waals surface area contributed by atoms with Crippen molar-refractivity contribution in [2.45, 2.75) is 36.3 Å². The Morgan fingerprint density at radius 2 is 1.62 bits per heavy atom. The van der Waals surface area contributed by atoms with Crippen LogP contribution in [0.15, 0.2) is 65.6 Å². The van der Waals surface area contributed by atoms with Gasteiger partial charge in [-0.3, -0.25) is 4.21 Å². The maximum Gasteiger partial charge on any atom is 0.0598 e. The average Bonchev–Trinajstić information content (AvgIpc) is 3.24. The molecule has 0 radical (unpaired) electrons. The molecule has 110 valence electrons. The van der Waals surface area contributed by atoms with Crippen molar-refractivity contribution < 1.29 is 4.21 Å². The van der Waals surface area contributed by atoms with Crippen molar-refractivity contribution in [1.29, 1.82) is 0 Å². The van der Waals surface area contributed by atoms with E-state index in [0.29, 0.717) is 11.8 Å². The zero-order chi connectivity index (χ0) is 14.9. The molecule has 0 spiro atoms. The van der Waals surface area contributed by atoms with E-state index in [1.54, 1.807) is 0 Å². The Labute approximate surface area is 129 Å². The van der Waals surface area contributed by atoms with Crippen LogP contribution >= 0.6 is 0 Å². The molecule has 1 fully saturated rings. The molecule has 21 heavy (non-hydrogen) atoms. The van der Waals surface area contributed by atoms with E-state index in [-0.39, 0.29) is 4.75 Å². The quantitative estimate of drug-likeness (QED) is 0.797. The molecule has 0 amide bonds. The Kier molecular flexibility index (Phi) is 3.99. The second-order valence-corrected chi connectivity index (χ2v) is 8.19. The molecule has 0 saturated heterocycles. The Balaban J connectivity index is 1.90. The van der Waals surface area contributed by atoms with E-state index in [1.807, 2.05) is 36.4 Å². The van der Waals surface area contributed by atoms with Crippen molar-refractivity contribution in [3.63, 3.8) is 0 Å². The first kappa shape index (κ1) is 14.5. The Hall–Kier alpha value is -1.41. The maximum absolute atomic E-state index is 13.2. The molecule has 0 heterocycles. The monoisotopic (exact) mass is 298 g/mol. The largest absolute Gasteiger partial charge is 0.254 e. The number of hydrogen-bond donors (Lipinski definition) is 0. The van der Waals surface area contributed by atoms with Gasteiger partial charge in [-0.15, -0.1) is 0 Å².